The third kappa shape index (κ3) is 4.28. The van der Waals surface area contributed by atoms with Gasteiger partial charge >= 0.3 is 0 Å². The zero-order valence-electron chi connectivity index (χ0n) is 10.9. The first kappa shape index (κ1) is 12.8. The van der Waals surface area contributed by atoms with Crippen LogP contribution in [-0.4, -0.2) is 49.7 Å². The molecule has 0 aromatic carbocycles. The van der Waals surface area contributed by atoms with E-state index >= 15 is 0 Å². The first-order valence-electron chi connectivity index (χ1n) is 6.77. The van der Waals surface area contributed by atoms with Gasteiger partial charge in [-0.15, -0.1) is 0 Å². The normalized spacial score (nSPS) is 26.2. The van der Waals surface area contributed by atoms with E-state index in [9.17, 15) is 4.79 Å². The Morgan fingerprint density at radius 1 is 1.47 bits per heavy atom. The van der Waals surface area contributed by atoms with Gasteiger partial charge < -0.3 is 10.1 Å². The van der Waals surface area contributed by atoms with E-state index in [2.05, 4.69) is 24.1 Å². The molecule has 1 amide bonds. The molecule has 1 unspecified atom stereocenters. The van der Waals surface area contributed by atoms with Gasteiger partial charge in [0.25, 0.3) is 0 Å². The van der Waals surface area contributed by atoms with Gasteiger partial charge in [-0.25, -0.2) is 0 Å². The van der Waals surface area contributed by atoms with Gasteiger partial charge in [0.1, 0.15) is 0 Å². The Kier molecular flexibility index (Phi) is 4.40. The first-order chi connectivity index (χ1) is 8.15. The number of nitrogens with zero attached hydrogens (tertiary/aromatic N) is 1. The van der Waals surface area contributed by atoms with Gasteiger partial charge in [0.05, 0.1) is 12.7 Å². The maximum Gasteiger partial charge on any atom is 0.223 e. The van der Waals surface area contributed by atoms with E-state index in [-0.39, 0.29) is 12.0 Å². The SMILES string of the molecule is CC(C)CN1CCOC(CNC(=O)C2CC2)C1. The second kappa shape index (κ2) is 5.83. The van der Waals surface area contributed by atoms with Crippen LogP contribution >= 0.6 is 0 Å². The van der Waals surface area contributed by atoms with Gasteiger partial charge in [0.15, 0.2) is 0 Å². The Bertz CT molecular complexity index is 264. The Hall–Kier alpha value is -0.610. The van der Waals surface area contributed by atoms with E-state index < -0.39 is 0 Å². The zero-order valence-corrected chi connectivity index (χ0v) is 10.9. The molecule has 17 heavy (non-hydrogen) atoms. The fourth-order valence-corrected chi connectivity index (χ4v) is 2.29. The summed E-state index contributed by atoms with van der Waals surface area (Å²) >= 11 is 0. The number of hydrogen-bond acceptors (Lipinski definition) is 3. The summed E-state index contributed by atoms with van der Waals surface area (Å²) in [7, 11) is 0. The van der Waals surface area contributed by atoms with E-state index in [0.717, 1.165) is 39.1 Å². The molecule has 0 aromatic heterocycles. The molecule has 0 bridgehead atoms. The molecular formula is C13H24N2O2. The molecule has 98 valence electrons. The monoisotopic (exact) mass is 240 g/mol. The minimum absolute atomic E-state index is 0.171. The van der Waals surface area contributed by atoms with Crippen molar-refractivity contribution in [2.24, 2.45) is 11.8 Å². The molecule has 1 heterocycles. The topological polar surface area (TPSA) is 41.6 Å². The lowest BCUT2D eigenvalue weighted by molar-refractivity contribution is -0.123. The number of amides is 1. The molecule has 0 radical (unpaired) electrons. The molecule has 0 aromatic rings. The lowest BCUT2D eigenvalue weighted by Gasteiger charge is -2.33. The predicted octanol–water partition coefficient (Wildman–Crippen LogP) is 0.869. The van der Waals surface area contributed by atoms with Crippen LogP contribution in [0.3, 0.4) is 0 Å². The second-order valence-corrected chi connectivity index (χ2v) is 5.67. The first-order valence-corrected chi connectivity index (χ1v) is 6.77. The van der Waals surface area contributed by atoms with Crippen LogP contribution in [0.25, 0.3) is 0 Å². The number of hydrogen-bond donors (Lipinski definition) is 1. The Morgan fingerprint density at radius 3 is 2.88 bits per heavy atom. The van der Waals surface area contributed by atoms with Gasteiger partial charge in [-0.05, 0) is 18.8 Å². The van der Waals surface area contributed by atoms with Crippen molar-refractivity contribution >= 4 is 5.91 Å². The van der Waals surface area contributed by atoms with Crippen molar-refractivity contribution in [2.75, 3.05) is 32.8 Å². The van der Waals surface area contributed by atoms with Crippen LogP contribution in [0.4, 0.5) is 0 Å². The van der Waals surface area contributed by atoms with E-state index in [1.807, 2.05) is 0 Å². The summed E-state index contributed by atoms with van der Waals surface area (Å²) in [6.45, 7) is 9.02. The van der Waals surface area contributed by atoms with Crippen molar-refractivity contribution in [3.8, 4) is 0 Å². The highest BCUT2D eigenvalue weighted by molar-refractivity contribution is 5.80. The van der Waals surface area contributed by atoms with Crippen LogP contribution in [0, 0.1) is 11.8 Å². The lowest BCUT2D eigenvalue weighted by Crippen LogP contribution is -2.48. The molecule has 4 nitrogen and oxygen atoms in total. The largest absolute Gasteiger partial charge is 0.374 e. The molecule has 1 N–H and O–H groups in total. The van der Waals surface area contributed by atoms with Crippen molar-refractivity contribution in [2.45, 2.75) is 32.8 Å². The molecule has 1 saturated carbocycles. The maximum absolute atomic E-state index is 11.5. The van der Waals surface area contributed by atoms with Crippen LogP contribution in [0.15, 0.2) is 0 Å². The standard InChI is InChI=1S/C13H24N2O2/c1-10(2)8-15-5-6-17-12(9-15)7-14-13(16)11-3-4-11/h10-12H,3-9H2,1-2H3,(H,14,16). The highest BCUT2D eigenvalue weighted by Crippen LogP contribution is 2.28. The summed E-state index contributed by atoms with van der Waals surface area (Å²) in [5, 5.41) is 3.00. The van der Waals surface area contributed by atoms with Crippen molar-refractivity contribution in [1.29, 1.82) is 0 Å². The fourth-order valence-electron chi connectivity index (χ4n) is 2.29. The van der Waals surface area contributed by atoms with Crippen LogP contribution in [-0.2, 0) is 9.53 Å². The van der Waals surface area contributed by atoms with Gasteiger partial charge in [0, 0.05) is 32.1 Å². The molecule has 1 aliphatic carbocycles. The van der Waals surface area contributed by atoms with Crippen molar-refractivity contribution in [1.82, 2.24) is 10.2 Å². The molecule has 1 aliphatic heterocycles. The number of carbonyl (C=O) groups excluding carboxylic acids is 1. The van der Waals surface area contributed by atoms with E-state index in [4.69, 9.17) is 4.74 Å². The summed E-state index contributed by atoms with van der Waals surface area (Å²) < 4.78 is 5.68. The zero-order chi connectivity index (χ0) is 12.3. The summed E-state index contributed by atoms with van der Waals surface area (Å²) in [6, 6.07) is 0. The molecule has 0 spiro atoms. The highest BCUT2D eigenvalue weighted by atomic mass is 16.5. The Morgan fingerprint density at radius 2 is 2.24 bits per heavy atom. The molecule has 1 atom stereocenters. The Balaban J connectivity index is 1.67. The lowest BCUT2D eigenvalue weighted by atomic mass is 10.2. The highest BCUT2D eigenvalue weighted by Gasteiger charge is 2.30. The molecular weight excluding hydrogens is 216 g/mol. The smallest absolute Gasteiger partial charge is 0.223 e. The van der Waals surface area contributed by atoms with Gasteiger partial charge in [-0.1, -0.05) is 13.8 Å². The summed E-state index contributed by atoms with van der Waals surface area (Å²) in [6.07, 6.45) is 2.30. The summed E-state index contributed by atoms with van der Waals surface area (Å²) in [5.74, 6) is 1.20. The maximum atomic E-state index is 11.5. The molecule has 2 fully saturated rings. The third-order valence-electron chi connectivity index (χ3n) is 3.30. The molecule has 2 aliphatic rings. The van der Waals surface area contributed by atoms with Crippen LogP contribution in [0.5, 0.6) is 0 Å². The van der Waals surface area contributed by atoms with E-state index in [0.29, 0.717) is 18.4 Å². The fraction of sp³-hybridized carbons (Fsp3) is 0.923. The number of ether oxygens (including phenoxy) is 1. The second-order valence-electron chi connectivity index (χ2n) is 5.67. The van der Waals surface area contributed by atoms with Crippen LogP contribution in [0.2, 0.25) is 0 Å². The van der Waals surface area contributed by atoms with Crippen molar-refractivity contribution in [3.05, 3.63) is 0 Å². The van der Waals surface area contributed by atoms with E-state index in [1.54, 1.807) is 0 Å². The average Bonchev–Trinajstić information content (AvgIpc) is 3.09. The van der Waals surface area contributed by atoms with Crippen LogP contribution < -0.4 is 5.32 Å². The van der Waals surface area contributed by atoms with Crippen molar-refractivity contribution in [3.63, 3.8) is 0 Å². The van der Waals surface area contributed by atoms with Gasteiger partial charge in [-0.2, -0.15) is 0 Å². The third-order valence-corrected chi connectivity index (χ3v) is 3.30. The number of morpholine rings is 1. The number of carbonyl (C=O) groups is 1. The number of nitrogens with one attached hydrogen (secondary N) is 1. The number of rotatable bonds is 5. The average molecular weight is 240 g/mol. The van der Waals surface area contributed by atoms with E-state index in [1.165, 1.54) is 0 Å². The Labute approximate surface area is 104 Å². The molecule has 2 rings (SSSR count). The van der Waals surface area contributed by atoms with Crippen LogP contribution in [0.1, 0.15) is 26.7 Å². The van der Waals surface area contributed by atoms with Crippen molar-refractivity contribution < 1.29 is 9.53 Å². The predicted molar refractivity (Wildman–Crippen MR) is 66.8 cm³/mol. The summed E-state index contributed by atoms with van der Waals surface area (Å²) in [4.78, 5) is 14.0. The quantitative estimate of drug-likeness (QED) is 0.775. The summed E-state index contributed by atoms with van der Waals surface area (Å²) in [5.41, 5.74) is 0. The molecule has 4 heteroatoms. The van der Waals surface area contributed by atoms with Gasteiger partial charge in [-0.3, -0.25) is 9.69 Å². The molecule has 1 saturated heterocycles. The van der Waals surface area contributed by atoms with Gasteiger partial charge in [0.2, 0.25) is 5.91 Å². The minimum Gasteiger partial charge on any atom is -0.374 e. The minimum atomic E-state index is 0.171.